The van der Waals surface area contributed by atoms with Crippen LogP contribution >= 0.6 is 0 Å². The molecule has 2 aromatic carbocycles. The van der Waals surface area contributed by atoms with E-state index in [0.717, 1.165) is 44.5 Å². The van der Waals surface area contributed by atoms with Gasteiger partial charge in [-0.3, -0.25) is 9.97 Å². The number of anilines is 2. The predicted molar refractivity (Wildman–Crippen MR) is 119 cm³/mol. The lowest BCUT2D eigenvalue weighted by molar-refractivity contribution is 0.0527. The summed E-state index contributed by atoms with van der Waals surface area (Å²) in [7, 11) is 1.62. The van der Waals surface area contributed by atoms with Crippen molar-refractivity contribution in [2.45, 2.75) is 20.8 Å². The second-order valence-corrected chi connectivity index (χ2v) is 7.06. The maximum absolute atomic E-state index is 12.7. The van der Waals surface area contributed by atoms with E-state index in [1.165, 1.54) is 0 Å². The van der Waals surface area contributed by atoms with E-state index in [-0.39, 0.29) is 6.61 Å². The molecule has 6 heteroatoms. The van der Waals surface area contributed by atoms with Crippen molar-refractivity contribution in [3.05, 3.63) is 65.5 Å². The van der Waals surface area contributed by atoms with Gasteiger partial charge in [-0.1, -0.05) is 11.6 Å². The first-order valence-electron chi connectivity index (χ1n) is 9.79. The molecule has 4 rings (SSSR count). The van der Waals surface area contributed by atoms with Crippen LogP contribution in [-0.4, -0.2) is 29.7 Å². The summed E-state index contributed by atoms with van der Waals surface area (Å²) < 4.78 is 10.5. The zero-order chi connectivity index (χ0) is 21.3. The van der Waals surface area contributed by atoms with Crippen LogP contribution in [0.15, 0.2) is 48.7 Å². The minimum Gasteiger partial charge on any atom is -0.497 e. The van der Waals surface area contributed by atoms with Crippen LogP contribution in [0.2, 0.25) is 0 Å². The number of esters is 1. The fourth-order valence-electron chi connectivity index (χ4n) is 3.55. The number of carbonyl (C=O) groups excluding carboxylic acids is 1. The normalized spacial score (nSPS) is 10.9. The van der Waals surface area contributed by atoms with Crippen LogP contribution in [0.4, 0.5) is 11.4 Å². The second kappa shape index (κ2) is 7.99. The molecule has 0 unspecified atom stereocenters. The molecular weight excluding hydrogens is 378 g/mol. The zero-order valence-corrected chi connectivity index (χ0v) is 17.4. The quantitative estimate of drug-likeness (QED) is 0.360. The van der Waals surface area contributed by atoms with Gasteiger partial charge < -0.3 is 14.8 Å². The van der Waals surface area contributed by atoms with Gasteiger partial charge in [-0.15, -0.1) is 0 Å². The van der Waals surface area contributed by atoms with E-state index in [0.29, 0.717) is 11.3 Å². The number of nitrogens with zero attached hydrogens (tertiary/aromatic N) is 2. The third-order valence-electron chi connectivity index (χ3n) is 4.99. The van der Waals surface area contributed by atoms with Crippen molar-refractivity contribution in [1.29, 1.82) is 0 Å². The molecule has 0 saturated carbocycles. The summed E-state index contributed by atoms with van der Waals surface area (Å²) in [6, 6.07) is 13.6. The summed E-state index contributed by atoms with van der Waals surface area (Å²) in [5, 5.41) is 5.14. The number of nitrogens with one attached hydrogen (secondary N) is 1. The number of methoxy groups -OCH3 is 1. The van der Waals surface area contributed by atoms with Gasteiger partial charge in [0, 0.05) is 28.4 Å². The highest BCUT2D eigenvalue weighted by molar-refractivity contribution is 6.13. The Morgan fingerprint density at radius 2 is 1.87 bits per heavy atom. The van der Waals surface area contributed by atoms with Gasteiger partial charge in [-0.05, 0) is 57.2 Å². The van der Waals surface area contributed by atoms with Crippen molar-refractivity contribution < 1.29 is 14.3 Å². The molecule has 0 saturated heterocycles. The van der Waals surface area contributed by atoms with E-state index in [1.54, 1.807) is 20.2 Å². The summed E-state index contributed by atoms with van der Waals surface area (Å²) in [6.45, 7) is 6.03. The van der Waals surface area contributed by atoms with Crippen molar-refractivity contribution in [1.82, 2.24) is 9.97 Å². The number of pyridine rings is 2. The lowest BCUT2D eigenvalue weighted by atomic mass is 10.0. The van der Waals surface area contributed by atoms with Gasteiger partial charge >= 0.3 is 5.97 Å². The monoisotopic (exact) mass is 401 g/mol. The highest BCUT2D eigenvalue weighted by Gasteiger charge is 2.20. The molecule has 2 aromatic heterocycles. The van der Waals surface area contributed by atoms with Crippen LogP contribution < -0.4 is 10.1 Å². The molecular formula is C24H23N3O3. The number of hydrogen-bond acceptors (Lipinski definition) is 6. The van der Waals surface area contributed by atoms with E-state index in [1.807, 2.05) is 50.2 Å². The highest BCUT2D eigenvalue weighted by Crippen LogP contribution is 2.35. The molecule has 2 heterocycles. The number of fused-ring (bicyclic) bond motifs is 3. The van der Waals surface area contributed by atoms with Crippen molar-refractivity contribution in [3.8, 4) is 5.75 Å². The van der Waals surface area contributed by atoms with Crippen molar-refractivity contribution >= 4 is 39.1 Å². The average Bonchev–Trinajstić information content (AvgIpc) is 2.75. The van der Waals surface area contributed by atoms with Gasteiger partial charge in [0.1, 0.15) is 11.3 Å². The van der Waals surface area contributed by atoms with Gasteiger partial charge in [0.15, 0.2) is 0 Å². The van der Waals surface area contributed by atoms with Gasteiger partial charge in [-0.25, -0.2) is 4.79 Å². The maximum atomic E-state index is 12.7. The summed E-state index contributed by atoms with van der Waals surface area (Å²) in [5.41, 5.74) is 5.40. The molecule has 6 nitrogen and oxygen atoms in total. The van der Waals surface area contributed by atoms with Crippen LogP contribution in [0.3, 0.4) is 0 Å². The van der Waals surface area contributed by atoms with Crippen LogP contribution in [-0.2, 0) is 4.74 Å². The summed E-state index contributed by atoms with van der Waals surface area (Å²) in [4.78, 5) is 22.1. The van der Waals surface area contributed by atoms with E-state index < -0.39 is 5.97 Å². The van der Waals surface area contributed by atoms with E-state index in [2.05, 4.69) is 16.4 Å². The predicted octanol–water partition coefficient (Wildman–Crippen LogP) is 5.33. The lowest BCUT2D eigenvalue weighted by Crippen LogP contribution is -2.10. The van der Waals surface area contributed by atoms with Gasteiger partial charge in [0.2, 0.25) is 0 Å². The van der Waals surface area contributed by atoms with E-state index in [4.69, 9.17) is 14.5 Å². The number of carbonyl (C=O) groups is 1. The smallest absolute Gasteiger partial charge is 0.341 e. The lowest BCUT2D eigenvalue weighted by Gasteiger charge is -2.17. The fourth-order valence-corrected chi connectivity index (χ4v) is 3.55. The molecule has 30 heavy (non-hydrogen) atoms. The Balaban J connectivity index is 1.98. The first kappa shape index (κ1) is 19.6. The molecule has 0 atom stereocenters. The Bertz CT molecular complexity index is 1250. The third kappa shape index (κ3) is 3.52. The largest absolute Gasteiger partial charge is 0.497 e. The molecule has 0 aliphatic rings. The molecule has 0 aliphatic heterocycles. The second-order valence-electron chi connectivity index (χ2n) is 7.06. The first-order chi connectivity index (χ1) is 14.5. The number of rotatable bonds is 5. The van der Waals surface area contributed by atoms with Gasteiger partial charge in [0.25, 0.3) is 0 Å². The third-order valence-corrected chi connectivity index (χ3v) is 4.99. The molecule has 0 aliphatic carbocycles. The van der Waals surface area contributed by atoms with Gasteiger partial charge in [-0.2, -0.15) is 0 Å². The molecule has 4 aromatic rings. The fraction of sp³-hybridized carbons (Fsp3) is 0.208. The maximum Gasteiger partial charge on any atom is 0.341 e. The molecule has 0 fully saturated rings. The Hall–Kier alpha value is -3.67. The van der Waals surface area contributed by atoms with E-state index in [9.17, 15) is 4.79 Å². The molecule has 1 N–H and O–H groups in total. The number of benzene rings is 2. The Morgan fingerprint density at radius 1 is 1.10 bits per heavy atom. The molecule has 0 spiro atoms. The zero-order valence-electron chi connectivity index (χ0n) is 17.4. The Morgan fingerprint density at radius 3 is 2.57 bits per heavy atom. The number of aromatic nitrogens is 2. The molecule has 0 radical (unpaired) electrons. The number of hydrogen-bond donors (Lipinski definition) is 1. The van der Waals surface area contributed by atoms with Gasteiger partial charge in [0.05, 0.1) is 30.4 Å². The van der Waals surface area contributed by atoms with Crippen LogP contribution in [0.5, 0.6) is 5.75 Å². The summed E-state index contributed by atoms with van der Waals surface area (Å²) in [6.07, 6.45) is 1.58. The molecule has 152 valence electrons. The standard InChI is InChI=1S/C24H23N3O3/c1-5-30-24(28)19-13-25-22-18-12-14(2)6-11-20(18)26-15(3)21(22)23(19)27-16-7-9-17(29-4)10-8-16/h6-13H,5H2,1-4H3,(H,25,27). The molecule has 0 amide bonds. The highest BCUT2D eigenvalue weighted by atomic mass is 16.5. The minimum atomic E-state index is -0.424. The minimum absolute atomic E-state index is 0.285. The SMILES string of the molecule is CCOC(=O)c1cnc2c(c(C)nc3ccc(C)cc32)c1Nc1ccc(OC)cc1. The first-order valence-corrected chi connectivity index (χ1v) is 9.79. The van der Waals surface area contributed by atoms with Crippen molar-refractivity contribution in [2.24, 2.45) is 0 Å². The molecule has 0 bridgehead atoms. The average molecular weight is 401 g/mol. The summed E-state index contributed by atoms with van der Waals surface area (Å²) in [5.74, 6) is 0.330. The Kier molecular flexibility index (Phi) is 5.23. The van der Waals surface area contributed by atoms with Crippen molar-refractivity contribution in [3.63, 3.8) is 0 Å². The number of aryl methyl sites for hydroxylation is 2. The summed E-state index contributed by atoms with van der Waals surface area (Å²) >= 11 is 0. The van der Waals surface area contributed by atoms with Crippen LogP contribution in [0, 0.1) is 13.8 Å². The number of ether oxygens (including phenoxy) is 2. The van der Waals surface area contributed by atoms with Crippen LogP contribution in [0.1, 0.15) is 28.5 Å². The van der Waals surface area contributed by atoms with Crippen LogP contribution in [0.25, 0.3) is 21.8 Å². The van der Waals surface area contributed by atoms with Crippen molar-refractivity contribution in [2.75, 3.05) is 19.0 Å². The Labute approximate surface area is 174 Å². The van der Waals surface area contributed by atoms with E-state index >= 15 is 0 Å². The topological polar surface area (TPSA) is 73.3 Å².